The molecule has 8 heteroatoms. The highest BCUT2D eigenvalue weighted by atomic mass is 35.5. The van der Waals surface area contributed by atoms with Crippen LogP contribution in [-0.2, 0) is 4.79 Å². The fourth-order valence-electron chi connectivity index (χ4n) is 3.36. The Morgan fingerprint density at radius 1 is 1.32 bits per heavy atom. The molecule has 0 saturated carbocycles. The summed E-state index contributed by atoms with van der Waals surface area (Å²) in [6.45, 7) is 7.40. The minimum atomic E-state index is -0.125. The van der Waals surface area contributed by atoms with Gasteiger partial charge in [0, 0.05) is 31.2 Å². The monoisotopic (exact) mass is 403 g/mol. The highest BCUT2D eigenvalue weighted by molar-refractivity contribution is 6.30. The molecule has 1 aliphatic rings. The zero-order valence-corrected chi connectivity index (χ0v) is 17.0. The van der Waals surface area contributed by atoms with Crippen molar-refractivity contribution in [2.45, 2.75) is 26.2 Å². The van der Waals surface area contributed by atoms with Gasteiger partial charge in [-0.1, -0.05) is 25.4 Å². The van der Waals surface area contributed by atoms with Gasteiger partial charge in [-0.3, -0.25) is 14.5 Å². The molecule has 2 N–H and O–H groups in total. The molecular formula is C20H26ClN5O2. The Balaban J connectivity index is 1.61. The van der Waals surface area contributed by atoms with E-state index >= 15 is 0 Å². The van der Waals surface area contributed by atoms with Crippen molar-refractivity contribution in [1.82, 2.24) is 25.3 Å². The number of hydrogen-bond donors (Lipinski definition) is 2. The number of rotatable bonds is 7. The summed E-state index contributed by atoms with van der Waals surface area (Å²) in [5.41, 5.74) is 2.32. The smallest absolute Gasteiger partial charge is 0.254 e. The number of nitrogens with zero attached hydrogens (tertiary/aromatic N) is 3. The minimum Gasteiger partial charge on any atom is -0.354 e. The average Bonchev–Trinajstić information content (AvgIpc) is 3.11. The van der Waals surface area contributed by atoms with Crippen LogP contribution in [0.5, 0.6) is 0 Å². The van der Waals surface area contributed by atoms with Crippen molar-refractivity contribution < 1.29 is 9.59 Å². The number of halogens is 1. The van der Waals surface area contributed by atoms with Crippen LogP contribution < -0.4 is 10.6 Å². The van der Waals surface area contributed by atoms with Gasteiger partial charge in [-0.05, 0) is 36.6 Å². The molecule has 0 spiro atoms. The SMILES string of the molecule is CC(C)c1c(C(=O)NCCCN2CCNC(=O)C2)cnn1-c1ccc(Cl)cc1. The number of aromatic nitrogens is 2. The summed E-state index contributed by atoms with van der Waals surface area (Å²) in [4.78, 5) is 26.2. The molecule has 0 unspecified atom stereocenters. The van der Waals surface area contributed by atoms with Gasteiger partial charge in [-0.15, -0.1) is 0 Å². The predicted molar refractivity (Wildman–Crippen MR) is 109 cm³/mol. The number of carbonyl (C=O) groups is 2. The summed E-state index contributed by atoms with van der Waals surface area (Å²) >= 11 is 5.97. The summed E-state index contributed by atoms with van der Waals surface area (Å²) in [5.74, 6) is 0.0672. The maximum absolute atomic E-state index is 12.7. The lowest BCUT2D eigenvalue weighted by Crippen LogP contribution is -2.48. The quantitative estimate of drug-likeness (QED) is 0.694. The Kier molecular flexibility index (Phi) is 6.70. The van der Waals surface area contributed by atoms with E-state index in [4.69, 9.17) is 11.6 Å². The van der Waals surface area contributed by atoms with E-state index < -0.39 is 0 Å². The highest BCUT2D eigenvalue weighted by Gasteiger charge is 2.21. The van der Waals surface area contributed by atoms with Crippen LogP contribution in [0.25, 0.3) is 5.69 Å². The van der Waals surface area contributed by atoms with E-state index in [0.29, 0.717) is 30.2 Å². The summed E-state index contributed by atoms with van der Waals surface area (Å²) in [6.07, 6.45) is 2.41. The summed E-state index contributed by atoms with van der Waals surface area (Å²) in [5, 5.41) is 10.9. The number of amides is 2. The molecule has 3 rings (SSSR count). The van der Waals surface area contributed by atoms with E-state index in [-0.39, 0.29) is 17.7 Å². The Labute approximate surface area is 170 Å². The van der Waals surface area contributed by atoms with Crippen molar-refractivity contribution in [1.29, 1.82) is 0 Å². The van der Waals surface area contributed by atoms with Crippen LogP contribution in [0.2, 0.25) is 5.02 Å². The van der Waals surface area contributed by atoms with Crippen LogP contribution in [0.3, 0.4) is 0 Å². The number of carbonyl (C=O) groups excluding carboxylic acids is 2. The van der Waals surface area contributed by atoms with Crippen molar-refractivity contribution in [3.63, 3.8) is 0 Å². The average molecular weight is 404 g/mol. The van der Waals surface area contributed by atoms with E-state index in [1.807, 2.05) is 38.1 Å². The molecule has 1 saturated heterocycles. The molecule has 2 aromatic rings. The lowest BCUT2D eigenvalue weighted by atomic mass is 10.0. The van der Waals surface area contributed by atoms with Crippen molar-refractivity contribution in [2.75, 3.05) is 32.7 Å². The van der Waals surface area contributed by atoms with Gasteiger partial charge in [-0.25, -0.2) is 4.68 Å². The fourth-order valence-corrected chi connectivity index (χ4v) is 3.48. The highest BCUT2D eigenvalue weighted by Crippen LogP contribution is 2.24. The summed E-state index contributed by atoms with van der Waals surface area (Å²) < 4.78 is 1.79. The van der Waals surface area contributed by atoms with E-state index in [0.717, 1.165) is 30.9 Å². The van der Waals surface area contributed by atoms with Crippen LogP contribution in [-0.4, -0.2) is 59.2 Å². The van der Waals surface area contributed by atoms with Gasteiger partial charge in [0.2, 0.25) is 5.91 Å². The number of nitrogens with one attached hydrogen (secondary N) is 2. The van der Waals surface area contributed by atoms with Gasteiger partial charge >= 0.3 is 0 Å². The maximum Gasteiger partial charge on any atom is 0.254 e. The van der Waals surface area contributed by atoms with E-state index in [1.54, 1.807) is 10.9 Å². The van der Waals surface area contributed by atoms with Gasteiger partial charge in [0.05, 0.1) is 29.7 Å². The third-order valence-electron chi connectivity index (χ3n) is 4.72. The lowest BCUT2D eigenvalue weighted by Gasteiger charge is -2.26. The molecule has 1 aliphatic heterocycles. The van der Waals surface area contributed by atoms with Crippen molar-refractivity contribution in [2.24, 2.45) is 0 Å². The normalized spacial score (nSPS) is 14.9. The fraction of sp³-hybridized carbons (Fsp3) is 0.450. The molecule has 0 radical (unpaired) electrons. The van der Waals surface area contributed by atoms with E-state index in [1.165, 1.54) is 0 Å². The summed E-state index contributed by atoms with van der Waals surface area (Å²) in [6, 6.07) is 7.39. The van der Waals surface area contributed by atoms with Crippen LogP contribution in [0, 0.1) is 0 Å². The van der Waals surface area contributed by atoms with Gasteiger partial charge < -0.3 is 10.6 Å². The number of piperazine rings is 1. The van der Waals surface area contributed by atoms with Crippen LogP contribution in [0.1, 0.15) is 42.2 Å². The standard InChI is InChI=1S/C20H26ClN5O2/c1-14(2)19-17(12-24-26(19)16-6-4-15(21)5-7-16)20(28)23-8-3-10-25-11-9-22-18(27)13-25/h4-7,12,14H,3,8-11,13H2,1-2H3,(H,22,27)(H,23,28). The Morgan fingerprint density at radius 2 is 2.07 bits per heavy atom. The topological polar surface area (TPSA) is 79.3 Å². The van der Waals surface area contributed by atoms with Crippen LogP contribution in [0.4, 0.5) is 0 Å². The van der Waals surface area contributed by atoms with Gasteiger partial charge in [0.1, 0.15) is 0 Å². The summed E-state index contributed by atoms with van der Waals surface area (Å²) in [7, 11) is 0. The minimum absolute atomic E-state index is 0.0616. The Morgan fingerprint density at radius 3 is 2.75 bits per heavy atom. The third-order valence-corrected chi connectivity index (χ3v) is 4.98. The van der Waals surface area contributed by atoms with Crippen molar-refractivity contribution >= 4 is 23.4 Å². The molecule has 1 fully saturated rings. The first-order valence-electron chi connectivity index (χ1n) is 9.57. The van der Waals surface area contributed by atoms with E-state index in [9.17, 15) is 9.59 Å². The predicted octanol–water partition coefficient (Wildman–Crippen LogP) is 2.20. The molecule has 0 atom stereocenters. The van der Waals surface area contributed by atoms with Crippen LogP contribution in [0.15, 0.2) is 30.5 Å². The van der Waals surface area contributed by atoms with Gasteiger partial charge in [-0.2, -0.15) is 5.10 Å². The second-order valence-corrected chi connectivity index (χ2v) is 7.66. The molecule has 2 heterocycles. The maximum atomic E-state index is 12.7. The second-order valence-electron chi connectivity index (χ2n) is 7.22. The molecule has 1 aromatic heterocycles. The Bertz CT molecular complexity index is 832. The van der Waals surface area contributed by atoms with Gasteiger partial charge in [0.25, 0.3) is 5.91 Å². The van der Waals surface area contributed by atoms with Gasteiger partial charge in [0.15, 0.2) is 0 Å². The molecule has 2 amide bonds. The number of benzene rings is 1. The number of hydrogen-bond acceptors (Lipinski definition) is 4. The zero-order valence-electron chi connectivity index (χ0n) is 16.2. The van der Waals surface area contributed by atoms with Crippen molar-refractivity contribution in [3.05, 3.63) is 46.7 Å². The molecule has 1 aromatic carbocycles. The third kappa shape index (κ3) is 4.91. The largest absolute Gasteiger partial charge is 0.354 e. The molecule has 0 aliphatic carbocycles. The first-order valence-corrected chi connectivity index (χ1v) is 9.94. The molecule has 7 nitrogen and oxygen atoms in total. The first-order chi connectivity index (χ1) is 13.5. The molecular weight excluding hydrogens is 378 g/mol. The van der Waals surface area contributed by atoms with Crippen LogP contribution >= 0.6 is 11.6 Å². The molecule has 28 heavy (non-hydrogen) atoms. The first kappa shape index (κ1) is 20.4. The molecule has 150 valence electrons. The lowest BCUT2D eigenvalue weighted by molar-refractivity contribution is -0.124. The Hall–Kier alpha value is -2.38. The second kappa shape index (κ2) is 9.21. The van der Waals surface area contributed by atoms with Crippen molar-refractivity contribution in [3.8, 4) is 5.69 Å². The zero-order chi connectivity index (χ0) is 20.1. The van der Waals surface area contributed by atoms with E-state index in [2.05, 4.69) is 20.6 Å². The molecule has 0 bridgehead atoms.